The Morgan fingerprint density at radius 2 is 2.04 bits per heavy atom. The molecular weight excluding hydrogens is 299 g/mol. The molecule has 23 heavy (non-hydrogen) atoms. The number of amides is 3. The van der Waals surface area contributed by atoms with E-state index in [1.807, 2.05) is 0 Å². The highest BCUT2D eigenvalue weighted by atomic mass is 19.1. The zero-order valence-electron chi connectivity index (χ0n) is 12.8. The van der Waals surface area contributed by atoms with Gasteiger partial charge in [-0.15, -0.1) is 0 Å². The fourth-order valence-corrected chi connectivity index (χ4v) is 3.10. The lowest BCUT2D eigenvalue weighted by atomic mass is 9.91. The molecule has 1 heterocycles. The first-order valence-electron chi connectivity index (χ1n) is 7.96. The van der Waals surface area contributed by atoms with Crippen LogP contribution >= 0.6 is 0 Å². The number of nitrogens with two attached hydrogens (primary N) is 1. The molecule has 2 fully saturated rings. The van der Waals surface area contributed by atoms with Crippen molar-refractivity contribution in [2.24, 2.45) is 5.73 Å². The van der Waals surface area contributed by atoms with Gasteiger partial charge in [-0.05, 0) is 43.9 Å². The number of anilines is 1. The monoisotopic (exact) mass is 320 g/mol. The van der Waals surface area contributed by atoms with E-state index in [9.17, 15) is 14.0 Å². The number of urea groups is 1. The third kappa shape index (κ3) is 3.44. The number of halogens is 1. The molecule has 4 N–H and O–H groups in total. The number of hydrogen-bond donors (Lipinski definition) is 3. The minimum atomic E-state index is -0.585. The van der Waals surface area contributed by atoms with E-state index in [2.05, 4.69) is 10.6 Å². The maximum Gasteiger partial charge on any atom is 0.321 e. The molecule has 1 saturated carbocycles. The molecule has 0 spiro atoms. The van der Waals surface area contributed by atoms with Crippen molar-refractivity contribution in [3.05, 3.63) is 29.6 Å². The van der Waals surface area contributed by atoms with Crippen LogP contribution < -0.4 is 21.3 Å². The molecule has 1 aliphatic carbocycles. The fraction of sp³-hybridized carbons (Fsp3) is 0.500. The van der Waals surface area contributed by atoms with Crippen LogP contribution in [0.15, 0.2) is 18.2 Å². The molecule has 0 bridgehead atoms. The molecule has 2 aliphatic rings. The molecule has 1 aromatic carbocycles. The Morgan fingerprint density at radius 3 is 2.70 bits per heavy atom. The van der Waals surface area contributed by atoms with Crippen LogP contribution in [0.2, 0.25) is 0 Å². The number of hydrogen-bond acceptors (Lipinski definition) is 3. The lowest BCUT2D eigenvalue weighted by Crippen LogP contribution is -2.40. The minimum Gasteiger partial charge on any atom is -0.349 e. The Morgan fingerprint density at radius 1 is 1.30 bits per heavy atom. The first-order chi connectivity index (χ1) is 11.0. The van der Waals surface area contributed by atoms with Crippen LogP contribution in [0.5, 0.6) is 0 Å². The maximum absolute atomic E-state index is 14.0. The fourth-order valence-electron chi connectivity index (χ4n) is 3.10. The Balaban J connectivity index is 1.73. The first kappa shape index (κ1) is 15.7. The largest absolute Gasteiger partial charge is 0.349 e. The van der Waals surface area contributed by atoms with Crippen molar-refractivity contribution in [2.45, 2.75) is 37.8 Å². The van der Waals surface area contributed by atoms with Crippen molar-refractivity contribution in [3.8, 4) is 0 Å². The van der Waals surface area contributed by atoms with E-state index in [1.54, 1.807) is 0 Å². The summed E-state index contributed by atoms with van der Waals surface area (Å²) in [6.45, 7) is 1.05. The first-order valence-corrected chi connectivity index (χ1v) is 7.96. The highest BCUT2D eigenvalue weighted by Gasteiger charge is 2.25. The average Bonchev–Trinajstić information content (AvgIpc) is 2.96. The zero-order chi connectivity index (χ0) is 16.4. The lowest BCUT2D eigenvalue weighted by molar-refractivity contribution is 0.0921. The van der Waals surface area contributed by atoms with Gasteiger partial charge in [0.05, 0.1) is 5.56 Å². The minimum absolute atomic E-state index is 0.0282. The normalized spacial score (nSPS) is 24.4. The predicted octanol–water partition coefficient (Wildman–Crippen LogP) is 1.35. The van der Waals surface area contributed by atoms with Gasteiger partial charge in [0.15, 0.2) is 0 Å². The third-order valence-electron chi connectivity index (χ3n) is 4.47. The highest BCUT2D eigenvalue weighted by molar-refractivity contribution is 5.98. The van der Waals surface area contributed by atoms with Crippen molar-refractivity contribution in [2.75, 3.05) is 18.0 Å². The third-order valence-corrected chi connectivity index (χ3v) is 4.47. The Hall–Kier alpha value is -2.15. The molecule has 3 amide bonds. The van der Waals surface area contributed by atoms with E-state index in [1.165, 1.54) is 23.1 Å². The molecular formula is C16H21FN4O2. The van der Waals surface area contributed by atoms with Gasteiger partial charge in [0.25, 0.3) is 5.91 Å². The van der Waals surface area contributed by atoms with Gasteiger partial charge < -0.3 is 16.4 Å². The van der Waals surface area contributed by atoms with Crippen molar-refractivity contribution in [3.63, 3.8) is 0 Å². The number of nitrogens with one attached hydrogen (secondary N) is 2. The van der Waals surface area contributed by atoms with Crippen LogP contribution in [0.3, 0.4) is 0 Å². The quantitative estimate of drug-likeness (QED) is 0.786. The van der Waals surface area contributed by atoms with Gasteiger partial charge >= 0.3 is 6.03 Å². The van der Waals surface area contributed by atoms with Gasteiger partial charge in [0, 0.05) is 30.9 Å². The van der Waals surface area contributed by atoms with Gasteiger partial charge in [-0.25, -0.2) is 9.18 Å². The van der Waals surface area contributed by atoms with Crippen molar-refractivity contribution >= 4 is 17.6 Å². The molecule has 1 saturated heterocycles. The summed E-state index contributed by atoms with van der Waals surface area (Å²) in [5.41, 5.74) is 6.34. The van der Waals surface area contributed by atoms with E-state index < -0.39 is 11.7 Å². The Bertz CT molecular complexity index is 614. The van der Waals surface area contributed by atoms with Crippen molar-refractivity contribution in [1.29, 1.82) is 0 Å². The molecule has 1 aliphatic heterocycles. The Kier molecular flexibility index (Phi) is 4.47. The van der Waals surface area contributed by atoms with Gasteiger partial charge in [0.2, 0.25) is 0 Å². The number of benzene rings is 1. The lowest BCUT2D eigenvalue weighted by Gasteiger charge is -2.27. The highest BCUT2D eigenvalue weighted by Crippen LogP contribution is 2.22. The summed E-state index contributed by atoms with van der Waals surface area (Å²) in [6.07, 6.45) is 3.34. The molecule has 1 aromatic rings. The van der Waals surface area contributed by atoms with Crippen molar-refractivity contribution in [1.82, 2.24) is 10.6 Å². The molecule has 3 rings (SSSR count). The van der Waals surface area contributed by atoms with Crippen LogP contribution in [0.1, 0.15) is 36.0 Å². The molecule has 0 radical (unpaired) electrons. The summed E-state index contributed by atoms with van der Waals surface area (Å²) in [4.78, 5) is 25.6. The SMILES string of the molecule is NC1CCC(NC(=O)c2cc(N3CCNC3=O)ccc2F)CC1. The van der Waals surface area contributed by atoms with Crippen LogP contribution in [-0.4, -0.2) is 37.1 Å². The smallest absolute Gasteiger partial charge is 0.321 e. The van der Waals surface area contributed by atoms with Crippen molar-refractivity contribution < 1.29 is 14.0 Å². The summed E-state index contributed by atoms with van der Waals surface area (Å²) in [7, 11) is 0. The molecule has 0 aromatic heterocycles. The summed E-state index contributed by atoms with van der Waals surface area (Å²) in [5, 5.41) is 5.55. The number of rotatable bonds is 3. The molecule has 6 nitrogen and oxygen atoms in total. The van der Waals surface area contributed by atoms with Gasteiger partial charge in [0.1, 0.15) is 5.82 Å². The second-order valence-electron chi connectivity index (χ2n) is 6.13. The predicted molar refractivity (Wildman–Crippen MR) is 84.8 cm³/mol. The van der Waals surface area contributed by atoms with E-state index in [-0.39, 0.29) is 23.7 Å². The topological polar surface area (TPSA) is 87.5 Å². The zero-order valence-corrected chi connectivity index (χ0v) is 12.8. The second-order valence-corrected chi connectivity index (χ2v) is 6.13. The summed E-state index contributed by atoms with van der Waals surface area (Å²) in [6, 6.07) is 4.16. The van der Waals surface area contributed by atoms with Gasteiger partial charge in [-0.2, -0.15) is 0 Å². The van der Waals surface area contributed by atoms with E-state index >= 15 is 0 Å². The van der Waals surface area contributed by atoms with Gasteiger partial charge in [-0.1, -0.05) is 0 Å². The van der Waals surface area contributed by atoms with E-state index in [0.717, 1.165) is 25.7 Å². The number of carbonyl (C=O) groups is 2. The summed E-state index contributed by atoms with van der Waals surface area (Å²) in [5.74, 6) is -1.03. The molecule has 0 atom stereocenters. The van der Waals surface area contributed by atoms with Crippen LogP contribution in [-0.2, 0) is 0 Å². The number of carbonyl (C=O) groups excluding carboxylic acids is 2. The molecule has 7 heteroatoms. The molecule has 124 valence electrons. The van der Waals surface area contributed by atoms with E-state index in [0.29, 0.717) is 18.8 Å². The standard InChI is InChI=1S/C16H21FN4O2/c17-14-6-5-12(21-8-7-19-16(21)23)9-13(14)15(22)20-11-3-1-10(18)2-4-11/h5-6,9-11H,1-4,7-8,18H2,(H,19,23)(H,20,22). The van der Waals surface area contributed by atoms with Gasteiger partial charge in [-0.3, -0.25) is 9.69 Å². The second kappa shape index (κ2) is 6.54. The average molecular weight is 320 g/mol. The van der Waals surface area contributed by atoms with Crippen LogP contribution in [0, 0.1) is 5.82 Å². The van der Waals surface area contributed by atoms with E-state index in [4.69, 9.17) is 5.73 Å². The summed E-state index contributed by atoms with van der Waals surface area (Å²) >= 11 is 0. The summed E-state index contributed by atoms with van der Waals surface area (Å²) < 4.78 is 14.0. The maximum atomic E-state index is 14.0. The Labute approximate surface area is 134 Å². The molecule has 0 unspecified atom stereocenters. The van der Waals surface area contributed by atoms with Crippen LogP contribution in [0.25, 0.3) is 0 Å². The van der Waals surface area contributed by atoms with Crippen LogP contribution in [0.4, 0.5) is 14.9 Å². The number of nitrogens with zero attached hydrogens (tertiary/aromatic N) is 1.